The molecule has 19 aromatic carbocycles. The molecule has 0 aliphatic heterocycles. The zero-order valence-electron chi connectivity index (χ0n) is 72.7. The first-order chi connectivity index (χ1) is 67.6. The van der Waals surface area contributed by atoms with Crippen LogP contribution in [0.25, 0.3) is 198 Å². The molecule has 0 saturated carbocycles. The molecule has 0 radical (unpaired) electrons. The average Bonchev–Trinajstić information content (AvgIpc) is 1.46. The summed E-state index contributed by atoms with van der Waals surface area (Å²) in [6.45, 7) is 0. The summed E-state index contributed by atoms with van der Waals surface area (Å²) in [7, 11) is 0. The maximum Gasteiger partial charge on any atom is 0.137 e. The Labute approximate surface area is 781 Å². The predicted molar refractivity (Wildman–Crippen MR) is 541 cm³/mol. The summed E-state index contributed by atoms with van der Waals surface area (Å²) in [6, 6.07) is 144. The Kier molecular flexibility index (Phi) is 14.8. The van der Waals surface area contributed by atoms with Crippen molar-refractivity contribution in [2.24, 2.45) is 0 Å². The zero-order chi connectivity index (χ0) is 90.4. The van der Waals surface area contributed by atoms with Crippen LogP contribution < -0.4 is 0 Å². The fraction of sp³-hybridized carbons (Fsp3) is 0.0400. The first kappa shape index (κ1) is 74.7. The SMILES string of the molecule is N#Cc1ccc2c(c1)C1c3cc(C#N)c(-n4c5ccccc5c5cc6c(cc54)oc4ccccc46)cc3C2c2cc(-n3c4ccccc4c4cc5c(cc43)oc3ccc(-c4cc6c(cc4C#N)C4c7cc(C#N)ccc7C47c4cc(C#N)c(-n8c9ccc(-c%10ccccc%10)cc9c9cc(-c%10ccc%11c(c%10)c%10cc(-c%12ccccc%12)ccc%10n%11-c%10ccccc%10)ccc98)cc4C67)cc35)c(C#N)cc21. The van der Waals surface area contributed by atoms with Crippen molar-refractivity contribution in [2.45, 2.75) is 29.1 Å². The highest BCUT2D eigenvalue weighted by atomic mass is 16.3. The van der Waals surface area contributed by atoms with E-state index in [-0.39, 0.29) is 17.8 Å². The Hall–Kier alpha value is -19.1. The maximum absolute atomic E-state index is 11.8. The third-order valence-corrected chi connectivity index (χ3v) is 31.1. The van der Waals surface area contributed by atoms with Gasteiger partial charge in [0.1, 0.15) is 40.5 Å². The van der Waals surface area contributed by atoms with Crippen LogP contribution in [0.15, 0.2) is 373 Å². The fourth-order valence-corrected chi connectivity index (χ4v) is 25.5. The number of hydrogen-bond donors (Lipinski definition) is 0. The maximum atomic E-state index is 11.8. The van der Waals surface area contributed by atoms with Gasteiger partial charge >= 0.3 is 0 Å². The molecule has 6 aliphatic carbocycles. The van der Waals surface area contributed by atoms with Crippen molar-refractivity contribution in [1.29, 1.82) is 31.6 Å². The third kappa shape index (κ3) is 9.80. The van der Waals surface area contributed by atoms with Gasteiger partial charge in [0, 0.05) is 112 Å². The van der Waals surface area contributed by atoms with E-state index < -0.39 is 11.3 Å². The van der Waals surface area contributed by atoms with Crippen LogP contribution in [-0.4, -0.2) is 18.3 Å². The van der Waals surface area contributed by atoms with Gasteiger partial charge in [-0.15, -0.1) is 0 Å². The molecule has 1 spiro atoms. The molecule has 31 rings (SSSR count). The Morgan fingerprint density at radius 3 is 1.14 bits per heavy atom. The number of rotatable bonds is 8. The van der Waals surface area contributed by atoms with Crippen molar-refractivity contribution in [3.63, 3.8) is 0 Å². The Morgan fingerprint density at radius 1 is 0.212 bits per heavy atom. The Morgan fingerprint density at radius 2 is 0.591 bits per heavy atom. The number of furan rings is 2. The summed E-state index contributed by atoms with van der Waals surface area (Å²) in [5.74, 6) is -1.16. The number of benzene rings is 19. The molecule has 0 fully saturated rings. The van der Waals surface area contributed by atoms with Crippen LogP contribution in [0.5, 0.6) is 0 Å². The van der Waals surface area contributed by atoms with Crippen molar-refractivity contribution in [2.75, 3.05) is 0 Å². The molecule has 626 valence electrons. The van der Waals surface area contributed by atoms with E-state index >= 15 is 0 Å². The summed E-state index contributed by atoms with van der Waals surface area (Å²) in [5.41, 5.74) is 37.4. The molecule has 25 aromatic rings. The second-order valence-corrected chi connectivity index (χ2v) is 37.4. The van der Waals surface area contributed by atoms with Gasteiger partial charge < -0.3 is 27.1 Å². The molecule has 0 saturated heterocycles. The summed E-state index contributed by atoms with van der Waals surface area (Å²) < 4.78 is 22.7. The summed E-state index contributed by atoms with van der Waals surface area (Å²) >= 11 is 0. The quantitative estimate of drug-likeness (QED) is 0.144. The highest BCUT2D eigenvalue weighted by Crippen LogP contribution is 2.78. The van der Waals surface area contributed by atoms with Gasteiger partial charge in [-0.2, -0.15) is 31.6 Å². The normalized spacial score (nSPS) is 16.0. The van der Waals surface area contributed by atoms with Crippen LogP contribution in [0.3, 0.4) is 0 Å². The molecule has 6 aliphatic rings. The van der Waals surface area contributed by atoms with Crippen molar-refractivity contribution < 1.29 is 8.83 Å². The Balaban J connectivity index is 0.554. The van der Waals surface area contributed by atoms with E-state index in [0.29, 0.717) is 50.2 Å². The van der Waals surface area contributed by atoms with E-state index in [2.05, 4.69) is 346 Å². The topological polar surface area (TPSA) is 189 Å². The molecule has 0 amide bonds. The first-order valence-electron chi connectivity index (χ1n) is 46.1. The van der Waals surface area contributed by atoms with E-state index in [1.807, 2.05) is 72.8 Å². The van der Waals surface area contributed by atoms with E-state index in [4.69, 9.17) is 8.83 Å². The number of nitrogens with zero attached hydrogens (tertiary/aromatic N) is 10. The van der Waals surface area contributed by atoms with Crippen LogP contribution in [-0.2, 0) is 5.41 Å². The number of fused-ring (bicyclic) bond motifs is 25. The standard InChI is InChI=1S/C125H64N10O2/c126-61-67-28-35-84-95(42-67)122-96-50-77(64-129)112(134-106-25-13-10-22-81(106)90-54-93-83-24-12-15-27-117(83)136-119(93)59-115(90)134)56-98(96)121(84)99-57-113(78(65-130)51-97(99)122)135-107-26-14-11-23-82(107)91-55-94-92-48-75(34-41-118(92)137-120(94)60-116(91)135)85-53-101-100(49-76(85)63-128)123-102-43-68(62-127)29-36-104(102)125(123)105-52-79(66-131)114(58-103(105)124(101)125)133-110-39-31-72(70-18-6-2-7-19-70)45-88(110)89-47-74(33-40-111(89)133)73-32-38-109-87(46-73)86-44-71(69-16-4-1-5-17-69)30-37-108(86)132(109)80-20-8-3-9-21-80/h1-60,121-124H. The van der Waals surface area contributed by atoms with Gasteiger partial charge in [0.2, 0.25) is 0 Å². The lowest BCUT2D eigenvalue weighted by Gasteiger charge is -2.58. The summed E-state index contributed by atoms with van der Waals surface area (Å²) in [6.07, 6.45) is 0. The number of para-hydroxylation sites is 4. The van der Waals surface area contributed by atoms with Gasteiger partial charge in [0.15, 0.2) is 0 Å². The second kappa shape index (κ2) is 27.1. The van der Waals surface area contributed by atoms with Gasteiger partial charge in [0.05, 0.1) is 113 Å². The molecule has 2 bridgehead atoms. The number of nitriles is 6. The highest BCUT2D eigenvalue weighted by molar-refractivity contribution is 6.21. The van der Waals surface area contributed by atoms with Crippen molar-refractivity contribution in [1.82, 2.24) is 18.3 Å². The van der Waals surface area contributed by atoms with Crippen LogP contribution in [0.4, 0.5) is 0 Å². The first-order valence-corrected chi connectivity index (χ1v) is 46.1. The van der Waals surface area contributed by atoms with Gasteiger partial charge in [-0.05, 0) is 287 Å². The zero-order valence-corrected chi connectivity index (χ0v) is 72.7. The third-order valence-electron chi connectivity index (χ3n) is 31.1. The van der Waals surface area contributed by atoms with Crippen molar-refractivity contribution in [3.05, 3.63) is 464 Å². The summed E-state index contributed by atoms with van der Waals surface area (Å²) in [5, 5.41) is 80.0. The highest BCUT2D eigenvalue weighted by Gasteiger charge is 2.70. The van der Waals surface area contributed by atoms with Crippen LogP contribution in [0, 0.1) is 68.0 Å². The van der Waals surface area contributed by atoms with Crippen molar-refractivity contribution in [3.8, 4) is 104 Å². The largest absolute Gasteiger partial charge is 0.456 e. The predicted octanol–water partition coefficient (Wildman–Crippen LogP) is 29.6. The minimum atomic E-state index is -0.578. The Bertz CT molecular complexity index is 10300. The number of aromatic nitrogens is 4. The molecule has 6 heterocycles. The second-order valence-electron chi connectivity index (χ2n) is 37.4. The molecular formula is C125H64N10O2. The van der Waals surface area contributed by atoms with E-state index in [1.165, 1.54) is 5.39 Å². The fourth-order valence-electron chi connectivity index (χ4n) is 25.5. The molecular weight excluding hydrogens is 1670 g/mol. The minimum Gasteiger partial charge on any atom is -0.456 e. The van der Waals surface area contributed by atoms with E-state index in [9.17, 15) is 31.6 Å². The monoisotopic (exact) mass is 1740 g/mol. The van der Waals surface area contributed by atoms with Crippen LogP contribution in [0.1, 0.15) is 124 Å². The molecule has 0 N–H and O–H groups in total. The minimum absolute atomic E-state index is 0.188. The smallest absolute Gasteiger partial charge is 0.137 e. The van der Waals surface area contributed by atoms with Crippen molar-refractivity contribution >= 4 is 131 Å². The van der Waals surface area contributed by atoms with Gasteiger partial charge in [0.25, 0.3) is 0 Å². The lowest BCUT2D eigenvalue weighted by atomic mass is 9.42. The molecule has 5 atom stereocenters. The van der Waals surface area contributed by atoms with Crippen LogP contribution in [0.2, 0.25) is 0 Å². The summed E-state index contributed by atoms with van der Waals surface area (Å²) in [4.78, 5) is 0. The van der Waals surface area contributed by atoms with Crippen LogP contribution >= 0.6 is 0 Å². The molecule has 12 heteroatoms. The van der Waals surface area contributed by atoms with Gasteiger partial charge in [-0.1, -0.05) is 176 Å². The lowest BCUT2D eigenvalue weighted by molar-refractivity contribution is 0.332. The van der Waals surface area contributed by atoms with E-state index in [0.717, 1.165) is 243 Å². The van der Waals surface area contributed by atoms with Gasteiger partial charge in [-0.3, -0.25) is 0 Å². The molecule has 5 unspecified atom stereocenters. The average molecular weight is 1740 g/mol. The van der Waals surface area contributed by atoms with E-state index in [1.54, 1.807) is 0 Å². The van der Waals surface area contributed by atoms with Gasteiger partial charge in [-0.25, -0.2) is 0 Å². The number of hydrogen-bond acceptors (Lipinski definition) is 8. The molecule has 137 heavy (non-hydrogen) atoms. The lowest BCUT2D eigenvalue weighted by Crippen LogP contribution is -2.52. The molecule has 6 aromatic heterocycles. The molecule has 12 nitrogen and oxygen atoms in total.